The third-order valence-electron chi connectivity index (χ3n) is 2.98. The van der Waals surface area contributed by atoms with Gasteiger partial charge in [-0.3, -0.25) is 4.79 Å². The summed E-state index contributed by atoms with van der Waals surface area (Å²) >= 11 is 0. The van der Waals surface area contributed by atoms with E-state index < -0.39 is 0 Å². The van der Waals surface area contributed by atoms with Crippen molar-refractivity contribution < 1.29 is 9.53 Å². The van der Waals surface area contributed by atoms with Crippen molar-refractivity contribution in [3.8, 4) is 0 Å². The molecule has 1 unspecified atom stereocenters. The van der Waals surface area contributed by atoms with E-state index in [9.17, 15) is 4.79 Å². The predicted molar refractivity (Wildman–Crippen MR) is 69.9 cm³/mol. The summed E-state index contributed by atoms with van der Waals surface area (Å²) in [4.78, 5) is 18.0. The maximum Gasteiger partial charge on any atom is 0.252 e. The minimum absolute atomic E-state index is 0.0942. The second-order valence-electron chi connectivity index (χ2n) is 4.64. The van der Waals surface area contributed by atoms with Crippen molar-refractivity contribution >= 4 is 11.7 Å². The summed E-state index contributed by atoms with van der Waals surface area (Å²) < 4.78 is 5.45. The van der Waals surface area contributed by atoms with E-state index in [2.05, 4.69) is 10.3 Å². The highest BCUT2D eigenvalue weighted by Crippen LogP contribution is 2.11. The molecule has 1 atom stereocenters. The first-order valence-electron chi connectivity index (χ1n) is 6.20. The van der Waals surface area contributed by atoms with Gasteiger partial charge < -0.3 is 15.0 Å². The lowest BCUT2D eigenvalue weighted by atomic mass is 10.2. The van der Waals surface area contributed by atoms with Crippen LogP contribution in [0.2, 0.25) is 0 Å². The zero-order valence-electron chi connectivity index (χ0n) is 10.8. The Morgan fingerprint density at radius 3 is 2.94 bits per heavy atom. The van der Waals surface area contributed by atoms with Crippen LogP contribution in [0.3, 0.4) is 0 Å². The molecule has 0 saturated carbocycles. The molecule has 1 fully saturated rings. The summed E-state index contributed by atoms with van der Waals surface area (Å²) in [5.41, 5.74) is 0.582. The molecule has 5 heteroatoms. The van der Waals surface area contributed by atoms with Gasteiger partial charge in [-0.05, 0) is 25.0 Å². The van der Waals surface area contributed by atoms with Gasteiger partial charge in [0.25, 0.3) is 5.91 Å². The maximum absolute atomic E-state index is 11.9. The quantitative estimate of drug-likeness (QED) is 0.867. The van der Waals surface area contributed by atoms with Crippen molar-refractivity contribution in [2.45, 2.75) is 18.9 Å². The van der Waals surface area contributed by atoms with Crippen LogP contribution < -0.4 is 10.2 Å². The highest BCUT2D eigenvalue weighted by atomic mass is 16.5. The number of nitrogens with zero attached hydrogens (tertiary/aromatic N) is 2. The van der Waals surface area contributed by atoms with Crippen molar-refractivity contribution in [2.75, 3.05) is 32.1 Å². The van der Waals surface area contributed by atoms with Crippen molar-refractivity contribution in [1.29, 1.82) is 0 Å². The van der Waals surface area contributed by atoms with Crippen LogP contribution in [0, 0.1) is 0 Å². The lowest BCUT2D eigenvalue weighted by Crippen LogP contribution is -2.31. The highest BCUT2D eigenvalue weighted by molar-refractivity contribution is 5.94. The molecule has 1 N–H and O–H groups in total. The minimum atomic E-state index is -0.0942. The molecule has 98 valence electrons. The summed E-state index contributed by atoms with van der Waals surface area (Å²) in [7, 11) is 3.83. The van der Waals surface area contributed by atoms with E-state index in [0.29, 0.717) is 12.1 Å². The summed E-state index contributed by atoms with van der Waals surface area (Å²) in [6, 6.07) is 3.62. The van der Waals surface area contributed by atoms with Gasteiger partial charge >= 0.3 is 0 Å². The predicted octanol–water partition coefficient (Wildman–Crippen LogP) is 1.06. The monoisotopic (exact) mass is 249 g/mol. The number of nitrogens with one attached hydrogen (secondary N) is 1. The number of hydrogen-bond donors (Lipinski definition) is 1. The van der Waals surface area contributed by atoms with Gasteiger partial charge in [0.05, 0.1) is 11.7 Å². The minimum Gasteiger partial charge on any atom is -0.376 e. The fourth-order valence-corrected chi connectivity index (χ4v) is 1.90. The molecule has 1 saturated heterocycles. The van der Waals surface area contributed by atoms with E-state index in [1.54, 1.807) is 12.3 Å². The number of amides is 1. The van der Waals surface area contributed by atoms with Crippen LogP contribution >= 0.6 is 0 Å². The standard InChI is InChI=1S/C13H19N3O2/c1-16(2)12-6-5-10(8-14-12)13(17)15-9-11-4-3-7-18-11/h5-6,8,11H,3-4,7,9H2,1-2H3,(H,15,17). The van der Waals surface area contributed by atoms with Gasteiger partial charge in [0.15, 0.2) is 0 Å². The Balaban J connectivity index is 1.87. The number of pyridine rings is 1. The molecular weight excluding hydrogens is 230 g/mol. The summed E-state index contributed by atoms with van der Waals surface area (Å²) in [6.07, 6.45) is 3.88. The summed E-state index contributed by atoms with van der Waals surface area (Å²) in [5, 5.41) is 2.87. The van der Waals surface area contributed by atoms with Crippen molar-refractivity contribution in [3.05, 3.63) is 23.9 Å². The molecule has 0 radical (unpaired) electrons. The maximum atomic E-state index is 11.9. The van der Waals surface area contributed by atoms with Crippen LogP contribution in [-0.4, -0.2) is 44.2 Å². The summed E-state index contributed by atoms with van der Waals surface area (Å²) in [5.74, 6) is 0.744. The molecule has 0 aromatic carbocycles. The average molecular weight is 249 g/mol. The fraction of sp³-hybridized carbons (Fsp3) is 0.538. The molecular formula is C13H19N3O2. The molecule has 0 aliphatic carbocycles. The molecule has 1 aliphatic rings. The van der Waals surface area contributed by atoms with Crippen LogP contribution in [0.25, 0.3) is 0 Å². The van der Waals surface area contributed by atoms with Gasteiger partial charge in [-0.2, -0.15) is 0 Å². The summed E-state index contributed by atoms with van der Waals surface area (Å²) in [6.45, 7) is 1.38. The van der Waals surface area contributed by atoms with Crippen LogP contribution in [0.5, 0.6) is 0 Å². The van der Waals surface area contributed by atoms with E-state index in [1.807, 2.05) is 25.1 Å². The lowest BCUT2D eigenvalue weighted by molar-refractivity contribution is 0.0857. The van der Waals surface area contributed by atoms with E-state index in [-0.39, 0.29) is 12.0 Å². The second-order valence-corrected chi connectivity index (χ2v) is 4.64. The number of carbonyl (C=O) groups excluding carboxylic acids is 1. The lowest BCUT2D eigenvalue weighted by Gasteiger charge is -2.12. The Morgan fingerprint density at radius 1 is 1.56 bits per heavy atom. The number of ether oxygens (including phenoxy) is 1. The van der Waals surface area contributed by atoms with E-state index in [0.717, 1.165) is 25.3 Å². The largest absolute Gasteiger partial charge is 0.376 e. The Kier molecular flexibility index (Phi) is 4.15. The van der Waals surface area contributed by atoms with Crippen molar-refractivity contribution in [2.24, 2.45) is 0 Å². The highest BCUT2D eigenvalue weighted by Gasteiger charge is 2.16. The normalized spacial score (nSPS) is 18.7. The van der Waals surface area contributed by atoms with Gasteiger partial charge in [0.2, 0.25) is 0 Å². The van der Waals surface area contributed by atoms with Gasteiger partial charge in [-0.25, -0.2) is 4.98 Å². The van der Waals surface area contributed by atoms with Gasteiger partial charge in [0.1, 0.15) is 5.82 Å². The zero-order chi connectivity index (χ0) is 13.0. The third-order valence-corrected chi connectivity index (χ3v) is 2.98. The van der Waals surface area contributed by atoms with Crippen LogP contribution in [-0.2, 0) is 4.74 Å². The van der Waals surface area contributed by atoms with E-state index in [1.165, 1.54) is 0 Å². The molecule has 1 amide bonds. The fourth-order valence-electron chi connectivity index (χ4n) is 1.90. The van der Waals surface area contributed by atoms with Gasteiger partial charge in [0, 0.05) is 33.4 Å². The topological polar surface area (TPSA) is 54.5 Å². The van der Waals surface area contributed by atoms with Crippen molar-refractivity contribution in [3.63, 3.8) is 0 Å². The average Bonchev–Trinajstić information content (AvgIpc) is 2.89. The van der Waals surface area contributed by atoms with Crippen LogP contribution in [0.4, 0.5) is 5.82 Å². The zero-order valence-corrected chi connectivity index (χ0v) is 10.8. The molecule has 2 heterocycles. The Hall–Kier alpha value is -1.62. The first kappa shape index (κ1) is 12.8. The number of anilines is 1. The van der Waals surface area contributed by atoms with Gasteiger partial charge in [-0.1, -0.05) is 0 Å². The molecule has 0 spiro atoms. The number of rotatable bonds is 4. The second kappa shape index (κ2) is 5.82. The number of aromatic nitrogens is 1. The first-order chi connectivity index (χ1) is 8.66. The third kappa shape index (κ3) is 3.20. The van der Waals surface area contributed by atoms with Crippen LogP contribution in [0.15, 0.2) is 18.3 Å². The van der Waals surface area contributed by atoms with Crippen molar-refractivity contribution in [1.82, 2.24) is 10.3 Å². The molecule has 2 rings (SSSR count). The smallest absolute Gasteiger partial charge is 0.252 e. The number of carbonyl (C=O) groups is 1. The Morgan fingerprint density at radius 2 is 2.39 bits per heavy atom. The molecule has 1 aromatic rings. The molecule has 1 aliphatic heterocycles. The van der Waals surface area contributed by atoms with Gasteiger partial charge in [-0.15, -0.1) is 0 Å². The van der Waals surface area contributed by atoms with E-state index >= 15 is 0 Å². The number of hydrogen-bond acceptors (Lipinski definition) is 4. The Labute approximate surface area is 107 Å². The molecule has 5 nitrogen and oxygen atoms in total. The first-order valence-corrected chi connectivity index (χ1v) is 6.20. The van der Waals surface area contributed by atoms with Crippen LogP contribution in [0.1, 0.15) is 23.2 Å². The SMILES string of the molecule is CN(C)c1ccc(C(=O)NCC2CCCO2)cn1. The van der Waals surface area contributed by atoms with E-state index in [4.69, 9.17) is 4.74 Å². The molecule has 0 bridgehead atoms. The molecule has 18 heavy (non-hydrogen) atoms. The Bertz CT molecular complexity index is 397. The molecule has 1 aromatic heterocycles.